The van der Waals surface area contributed by atoms with Crippen LogP contribution in [0.2, 0.25) is 0 Å². The lowest BCUT2D eigenvalue weighted by molar-refractivity contribution is -0.127. The van der Waals surface area contributed by atoms with E-state index >= 15 is 0 Å². The van der Waals surface area contributed by atoms with Crippen molar-refractivity contribution in [3.63, 3.8) is 0 Å². The van der Waals surface area contributed by atoms with Gasteiger partial charge in [-0.25, -0.2) is 0 Å². The van der Waals surface area contributed by atoms with Crippen LogP contribution >= 0.6 is 0 Å². The summed E-state index contributed by atoms with van der Waals surface area (Å²) in [6.07, 6.45) is 0. The van der Waals surface area contributed by atoms with E-state index in [-0.39, 0.29) is 12.5 Å². The number of rotatable bonds is 3. The average molecular weight is 279 g/mol. The van der Waals surface area contributed by atoms with Gasteiger partial charge >= 0.3 is 0 Å². The van der Waals surface area contributed by atoms with Gasteiger partial charge in [-0.15, -0.1) is 0 Å². The summed E-state index contributed by atoms with van der Waals surface area (Å²) >= 11 is 0. The number of hydrogen-bond acceptors (Lipinski definition) is 5. The highest BCUT2D eigenvalue weighted by Crippen LogP contribution is 2.24. The van der Waals surface area contributed by atoms with Crippen LogP contribution in [0.4, 0.5) is 5.69 Å². The van der Waals surface area contributed by atoms with E-state index in [1.807, 2.05) is 0 Å². The van der Waals surface area contributed by atoms with E-state index in [1.165, 1.54) is 12.0 Å². The minimum Gasteiger partial charge on any atom is -0.496 e. The SMILES string of the molecule is COc1cc(N)ccc1C(=O)N1CCOCC1C(N)=O. The van der Waals surface area contributed by atoms with Gasteiger partial charge in [-0.3, -0.25) is 9.59 Å². The summed E-state index contributed by atoms with van der Waals surface area (Å²) in [5, 5.41) is 0. The van der Waals surface area contributed by atoms with E-state index in [9.17, 15) is 9.59 Å². The number of primary amides is 1. The molecule has 1 saturated heterocycles. The molecule has 1 unspecified atom stereocenters. The number of ether oxygens (including phenoxy) is 2. The summed E-state index contributed by atoms with van der Waals surface area (Å²) < 4.78 is 10.3. The van der Waals surface area contributed by atoms with E-state index in [0.717, 1.165) is 0 Å². The predicted octanol–water partition coefficient (Wildman–Crippen LogP) is -0.396. The summed E-state index contributed by atoms with van der Waals surface area (Å²) in [7, 11) is 1.45. The summed E-state index contributed by atoms with van der Waals surface area (Å²) in [4.78, 5) is 25.4. The van der Waals surface area contributed by atoms with Gasteiger partial charge in [0.05, 0.1) is 25.9 Å². The van der Waals surface area contributed by atoms with Gasteiger partial charge in [0, 0.05) is 18.3 Å². The van der Waals surface area contributed by atoms with Gasteiger partial charge in [-0.2, -0.15) is 0 Å². The lowest BCUT2D eigenvalue weighted by Gasteiger charge is -2.33. The molecular formula is C13H17N3O4. The van der Waals surface area contributed by atoms with Gasteiger partial charge < -0.3 is 25.8 Å². The maximum Gasteiger partial charge on any atom is 0.258 e. The van der Waals surface area contributed by atoms with Crippen molar-refractivity contribution in [2.45, 2.75) is 6.04 Å². The highest BCUT2D eigenvalue weighted by molar-refractivity contribution is 6.00. The molecule has 2 amide bonds. The number of nitrogen functional groups attached to an aromatic ring is 1. The first-order chi connectivity index (χ1) is 9.54. The molecule has 1 fully saturated rings. The first-order valence-corrected chi connectivity index (χ1v) is 6.16. The van der Waals surface area contributed by atoms with Gasteiger partial charge in [-0.05, 0) is 12.1 Å². The van der Waals surface area contributed by atoms with Crippen LogP contribution in [0.3, 0.4) is 0 Å². The van der Waals surface area contributed by atoms with E-state index in [4.69, 9.17) is 20.9 Å². The number of nitrogens with two attached hydrogens (primary N) is 2. The Morgan fingerprint density at radius 1 is 1.45 bits per heavy atom. The molecular weight excluding hydrogens is 262 g/mol. The summed E-state index contributed by atoms with van der Waals surface area (Å²) in [6.45, 7) is 0.783. The molecule has 0 aliphatic carbocycles. The number of methoxy groups -OCH3 is 1. The second-order valence-electron chi connectivity index (χ2n) is 4.45. The molecule has 7 heteroatoms. The molecule has 20 heavy (non-hydrogen) atoms. The molecule has 108 valence electrons. The van der Waals surface area contributed by atoms with Crippen LogP contribution in [0.5, 0.6) is 5.75 Å². The molecule has 1 aromatic rings. The Kier molecular flexibility index (Phi) is 4.09. The number of benzene rings is 1. The van der Waals surface area contributed by atoms with Gasteiger partial charge in [0.25, 0.3) is 5.91 Å². The van der Waals surface area contributed by atoms with Crippen molar-refractivity contribution >= 4 is 17.5 Å². The quantitative estimate of drug-likeness (QED) is 0.732. The third-order valence-corrected chi connectivity index (χ3v) is 3.17. The van der Waals surface area contributed by atoms with Crippen molar-refractivity contribution in [3.05, 3.63) is 23.8 Å². The second kappa shape index (κ2) is 5.79. The van der Waals surface area contributed by atoms with Crippen molar-refractivity contribution in [2.75, 3.05) is 32.6 Å². The van der Waals surface area contributed by atoms with Crippen molar-refractivity contribution in [3.8, 4) is 5.75 Å². The average Bonchev–Trinajstić information content (AvgIpc) is 2.46. The van der Waals surface area contributed by atoms with Crippen molar-refractivity contribution in [1.29, 1.82) is 0 Å². The Hall–Kier alpha value is -2.28. The molecule has 1 heterocycles. The molecule has 7 nitrogen and oxygen atoms in total. The molecule has 0 spiro atoms. The minimum atomic E-state index is -0.765. The van der Waals surface area contributed by atoms with Crippen LogP contribution < -0.4 is 16.2 Å². The zero-order chi connectivity index (χ0) is 14.7. The number of carbonyl (C=O) groups excluding carboxylic acids is 2. The lowest BCUT2D eigenvalue weighted by Crippen LogP contribution is -2.54. The fourth-order valence-corrected chi connectivity index (χ4v) is 2.12. The molecule has 0 aromatic heterocycles. The van der Waals surface area contributed by atoms with Gasteiger partial charge in [-0.1, -0.05) is 0 Å². The molecule has 4 N–H and O–H groups in total. The molecule has 0 bridgehead atoms. The normalized spacial score (nSPS) is 18.6. The van der Waals surface area contributed by atoms with Gasteiger partial charge in [0.15, 0.2) is 0 Å². The van der Waals surface area contributed by atoms with Crippen LogP contribution in [-0.2, 0) is 9.53 Å². The fourth-order valence-electron chi connectivity index (χ4n) is 2.12. The van der Waals surface area contributed by atoms with Gasteiger partial charge in [0.2, 0.25) is 5.91 Å². The van der Waals surface area contributed by atoms with Crippen LogP contribution in [0.25, 0.3) is 0 Å². The Labute approximate surface area is 116 Å². The third kappa shape index (κ3) is 2.67. The number of morpholine rings is 1. The highest BCUT2D eigenvalue weighted by atomic mass is 16.5. The van der Waals surface area contributed by atoms with Crippen molar-refractivity contribution in [1.82, 2.24) is 4.90 Å². The van der Waals surface area contributed by atoms with Crippen molar-refractivity contribution < 1.29 is 19.1 Å². The Morgan fingerprint density at radius 3 is 2.85 bits per heavy atom. The number of carbonyl (C=O) groups is 2. The summed E-state index contributed by atoms with van der Waals surface area (Å²) in [5.41, 5.74) is 11.8. The van der Waals surface area contributed by atoms with Gasteiger partial charge in [0.1, 0.15) is 11.8 Å². The number of amides is 2. The molecule has 2 rings (SSSR count). The van der Waals surface area contributed by atoms with E-state index in [0.29, 0.717) is 30.2 Å². The first kappa shape index (κ1) is 14.1. The Balaban J connectivity index is 2.32. The molecule has 1 aromatic carbocycles. The standard InChI is InChI=1S/C13H17N3O4/c1-19-11-6-8(14)2-3-9(11)13(18)16-4-5-20-7-10(16)12(15)17/h2-3,6,10H,4-5,7,14H2,1H3,(H2,15,17). The minimum absolute atomic E-state index is 0.109. The van der Waals surface area contributed by atoms with Crippen LogP contribution in [0, 0.1) is 0 Å². The predicted molar refractivity (Wildman–Crippen MR) is 72.2 cm³/mol. The third-order valence-electron chi connectivity index (χ3n) is 3.17. The molecule has 1 aliphatic heterocycles. The molecule has 0 saturated carbocycles. The summed E-state index contributed by atoms with van der Waals surface area (Å²) in [5.74, 6) is -0.550. The molecule has 1 aliphatic rings. The molecule has 0 radical (unpaired) electrons. The summed E-state index contributed by atoms with van der Waals surface area (Å²) in [6, 6.07) is 3.98. The number of hydrogen-bond donors (Lipinski definition) is 2. The Bertz CT molecular complexity index is 532. The molecule has 1 atom stereocenters. The zero-order valence-corrected chi connectivity index (χ0v) is 11.2. The van der Waals surface area contributed by atoms with Crippen LogP contribution in [0.15, 0.2) is 18.2 Å². The number of nitrogens with zero attached hydrogens (tertiary/aromatic N) is 1. The monoisotopic (exact) mass is 279 g/mol. The van der Waals surface area contributed by atoms with Crippen LogP contribution in [0.1, 0.15) is 10.4 Å². The van der Waals surface area contributed by atoms with Crippen LogP contribution in [-0.4, -0.2) is 49.6 Å². The second-order valence-corrected chi connectivity index (χ2v) is 4.45. The number of anilines is 1. The highest BCUT2D eigenvalue weighted by Gasteiger charge is 2.33. The zero-order valence-electron chi connectivity index (χ0n) is 11.2. The maximum atomic E-state index is 12.5. The van der Waals surface area contributed by atoms with E-state index in [1.54, 1.807) is 18.2 Å². The van der Waals surface area contributed by atoms with E-state index < -0.39 is 11.9 Å². The maximum absolute atomic E-state index is 12.5. The van der Waals surface area contributed by atoms with E-state index in [2.05, 4.69) is 0 Å². The lowest BCUT2D eigenvalue weighted by atomic mass is 10.1. The largest absolute Gasteiger partial charge is 0.496 e. The topological polar surface area (TPSA) is 108 Å². The first-order valence-electron chi connectivity index (χ1n) is 6.16. The van der Waals surface area contributed by atoms with Crippen molar-refractivity contribution in [2.24, 2.45) is 5.73 Å². The Morgan fingerprint density at radius 2 is 2.20 bits per heavy atom. The fraction of sp³-hybridized carbons (Fsp3) is 0.385. The smallest absolute Gasteiger partial charge is 0.258 e.